The zero-order chi connectivity index (χ0) is 19.0. The predicted molar refractivity (Wildman–Crippen MR) is 100 cm³/mol. The Balaban J connectivity index is 1.38. The van der Waals surface area contributed by atoms with Crippen LogP contribution in [0.2, 0.25) is 0 Å². The molecule has 2 heterocycles. The van der Waals surface area contributed by atoms with E-state index in [1.54, 1.807) is 0 Å². The fourth-order valence-corrected chi connectivity index (χ4v) is 4.05. The molecule has 2 fully saturated rings. The SMILES string of the molecule is CC1CCC2(CC1)NC(=O)N(NC(=O)CCn1ccc3ccccc31)C2=O. The summed E-state index contributed by atoms with van der Waals surface area (Å²) < 4.78 is 1.99. The molecule has 1 aromatic carbocycles. The van der Waals surface area contributed by atoms with Crippen LogP contribution < -0.4 is 10.7 Å². The van der Waals surface area contributed by atoms with Gasteiger partial charge in [0, 0.05) is 24.7 Å². The second-order valence-corrected chi connectivity index (χ2v) is 7.69. The van der Waals surface area contributed by atoms with E-state index in [0.29, 0.717) is 25.3 Å². The van der Waals surface area contributed by atoms with Crippen molar-refractivity contribution in [2.45, 2.75) is 51.1 Å². The number of nitrogens with one attached hydrogen (secondary N) is 2. The van der Waals surface area contributed by atoms with Crippen LogP contribution >= 0.6 is 0 Å². The Morgan fingerprint density at radius 1 is 1.22 bits per heavy atom. The van der Waals surface area contributed by atoms with Gasteiger partial charge in [0.2, 0.25) is 5.91 Å². The molecule has 1 saturated carbocycles. The molecule has 7 nitrogen and oxygen atoms in total. The van der Waals surface area contributed by atoms with E-state index in [1.807, 2.05) is 41.1 Å². The minimum absolute atomic E-state index is 0.180. The Morgan fingerprint density at radius 2 is 1.96 bits per heavy atom. The summed E-state index contributed by atoms with van der Waals surface area (Å²) in [7, 11) is 0. The number of nitrogens with zero attached hydrogens (tertiary/aromatic N) is 2. The molecule has 4 rings (SSSR count). The van der Waals surface area contributed by atoms with Crippen molar-refractivity contribution in [1.29, 1.82) is 0 Å². The number of carbonyl (C=O) groups excluding carboxylic acids is 3. The van der Waals surface area contributed by atoms with Crippen molar-refractivity contribution in [1.82, 2.24) is 20.3 Å². The summed E-state index contributed by atoms with van der Waals surface area (Å²) in [6, 6.07) is 9.41. The normalized spacial score (nSPS) is 25.2. The van der Waals surface area contributed by atoms with E-state index in [4.69, 9.17) is 0 Å². The van der Waals surface area contributed by atoms with Gasteiger partial charge in [-0.05, 0) is 49.1 Å². The average Bonchev–Trinajstić information content (AvgIpc) is 3.17. The highest BCUT2D eigenvalue weighted by molar-refractivity contribution is 6.08. The largest absolute Gasteiger partial charge is 0.347 e. The van der Waals surface area contributed by atoms with Crippen molar-refractivity contribution in [3.63, 3.8) is 0 Å². The van der Waals surface area contributed by atoms with Gasteiger partial charge in [-0.2, -0.15) is 5.01 Å². The van der Waals surface area contributed by atoms with Crippen LogP contribution in [0, 0.1) is 5.92 Å². The van der Waals surface area contributed by atoms with E-state index >= 15 is 0 Å². The number of rotatable bonds is 4. The first-order valence-electron chi connectivity index (χ1n) is 9.49. The molecule has 0 radical (unpaired) electrons. The molecule has 1 aliphatic heterocycles. The van der Waals surface area contributed by atoms with Crippen LogP contribution in [-0.2, 0) is 16.1 Å². The molecule has 1 spiro atoms. The van der Waals surface area contributed by atoms with Crippen LogP contribution in [0.15, 0.2) is 36.5 Å². The first-order valence-corrected chi connectivity index (χ1v) is 9.49. The smallest absolute Gasteiger partial charge is 0.344 e. The van der Waals surface area contributed by atoms with Crippen LogP contribution in [0.4, 0.5) is 4.79 Å². The highest BCUT2D eigenvalue weighted by atomic mass is 16.2. The molecular formula is C20H24N4O3. The lowest BCUT2D eigenvalue weighted by Gasteiger charge is -2.33. The maximum atomic E-state index is 12.8. The predicted octanol–water partition coefficient (Wildman–Crippen LogP) is 2.56. The molecule has 0 atom stereocenters. The van der Waals surface area contributed by atoms with Crippen LogP contribution in [0.5, 0.6) is 0 Å². The zero-order valence-electron chi connectivity index (χ0n) is 15.4. The van der Waals surface area contributed by atoms with Gasteiger partial charge in [-0.1, -0.05) is 25.1 Å². The lowest BCUT2D eigenvalue weighted by Crippen LogP contribution is -2.51. The third-order valence-corrected chi connectivity index (χ3v) is 5.79. The summed E-state index contributed by atoms with van der Waals surface area (Å²) in [5, 5.41) is 4.79. The Hall–Kier alpha value is -2.83. The molecule has 7 heteroatoms. The van der Waals surface area contributed by atoms with Crippen molar-refractivity contribution < 1.29 is 14.4 Å². The molecular weight excluding hydrogens is 344 g/mol. The summed E-state index contributed by atoms with van der Waals surface area (Å²) in [5.74, 6) is -0.128. The number of imide groups is 1. The third-order valence-electron chi connectivity index (χ3n) is 5.79. The number of fused-ring (bicyclic) bond motifs is 1. The Labute approximate surface area is 157 Å². The molecule has 0 bridgehead atoms. The van der Waals surface area contributed by atoms with Crippen LogP contribution in [0.1, 0.15) is 39.0 Å². The van der Waals surface area contributed by atoms with Gasteiger partial charge < -0.3 is 9.88 Å². The van der Waals surface area contributed by atoms with Crippen molar-refractivity contribution in [3.8, 4) is 0 Å². The number of aromatic nitrogens is 1. The number of urea groups is 1. The van der Waals surface area contributed by atoms with Gasteiger partial charge in [0.15, 0.2) is 0 Å². The van der Waals surface area contributed by atoms with Gasteiger partial charge in [-0.3, -0.25) is 15.0 Å². The summed E-state index contributed by atoms with van der Waals surface area (Å²) in [5.41, 5.74) is 2.70. The van der Waals surface area contributed by atoms with Crippen molar-refractivity contribution >= 4 is 28.7 Å². The van der Waals surface area contributed by atoms with Gasteiger partial charge in [0.1, 0.15) is 5.54 Å². The molecule has 1 aromatic heterocycles. The fourth-order valence-electron chi connectivity index (χ4n) is 4.05. The number of carbonyl (C=O) groups is 3. The van der Waals surface area contributed by atoms with Gasteiger partial charge in [-0.25, -0.2) is 4.79 Å². The highest BCUT2D eigenvalue weighted by Crippen LogP contribution is 2.35. The van der Waals surface area contributed by atoms with Gasteiger partial charge >= 0.3 is 6.03 Å². The Morgan fingerprint density at radius 3 is 2.74 bits per heavy atom. The number of hydrogen-bond acceptors (Lipinski definition) is 3. The molecule has 2 aromatic rings. The quantitative estimate of drug-likeness (QED) is 0.814. The maximum absolute atomic E-state index is 12.8. The van der Waals surface area contributed by atoms with E-state index in [9.17, 15) is 14.4 Å². The summed E-state index contributed by atoms with van der Waals surface area (Å²) >= 11 is 0. The number of hydrazine groups is 1. The zero-order valence-corrected chi connectivity index (χ0v) is 15.4. The van der Waals surface area contributed by atoms with Crippen molar-refractivity contribution in [2.75, 3.05) is 0 Å². The number of para-hydroxylation sites is 1. The van der Waals surface area contributed by atoms with Crippen LogP contribution in [0.3, 0.4) is 0 Å². The molecule has 1 saturated heterocycles. The molecule has 0 unspecified atom stereocenters. The van der Waals surface area contributed by atoms with E-state index in [1.165, 1.54) is 0 Å². The number of benzene rings is 1. The summed E-state index contributed by atoms with van der Waals surface area (Å²) in [4.78, 5) is 37.4. The monoisotopic (exact) mass is 368 g/mol. The maximum Gasteiger partial charge on any atom is 0.344 e. The highest BCUT2D eigenvalue weighted by Gasteiger charge is 2.52. The first kappa shape index (κ1) is 17.6. The topological polar surface area (TPSA) is 83.4 Å². The molecule has 2 aliphatic rings. The Kier molecular flexibility index (Phi) is 4.37. The number of amides is 4. The van der Waals surface area contributed by atoms with Gasteiger partial charge in [0.05, 0.1) is 0 Å². The molecule has 2 N–H and O–H groups in total. The van der Waals surface area contributed by atoms with Gasteiger partial charge in [-0.15, -0.1) is 0 Å². The Bertz CT molecular complexity index is 896. The van der Waals surface area contributed by atoms with E-state index in [0.717, 1.165) is 28.8 Å². The number of hydrogen-bond donors (Lipinski definition) is 2. The molecule has 27 heavy (non-hydrogen) atoms. The minimum Gasteiger partial charge on any atom is -0.347 e. The number of aryl methyl sites for hydroxylation is 1. The molecule has 1 aliphatic carbocycles. The molecule has 4 amide bonds. The lowest BCUT2D eigenvalue weighted by molar-refractivity contribution is -0.140. The minimum atomic E-state index is -0.840. The first-order chi connectivity index (χ1) is 13.0. The fraction of sp³-hybridized carbons (Fsp3) is 0.450. The van der Waals surface area contributed by atoms with E-state index in [-0.39, 0.29) is 18.2 Å². The molecule has 142 valence electrons. The third kappa shape index (κ3) is 3.18. The standard InChI is InChI=1S/C20H24N4O3/c1-14-6-10-20(11-7-14)18(26)24(19(27)21-20)22-17(25)9-13-23-12-8-15-4-2-3-5-16(15)23/h2-5,8,12,14H,6-7,9-11,13H2,1H3,(H,21,27)(H,22,25). The second kappa shape index (κ2) is 6.72. The van der Waals surface area contributed by atoms with Crippen molar-refractivity contribution in [2.24, 2.45) is 5.92 Å². The summed E-state index contributed by atoms with van der Waals surface area (Å²) in [6.07, 6.45) is 5.16. The van der Waals surface area contributed by atoms with Crippen LogP contribution in [0.25, 0.3) is 10.9 Å². The van der Waals surface area contributed by atoms with Crippen molar-refractivity contribution in [3.05, 3.63) is 36.5 Å². The van der Waals surface area contributed by atoms with E-state index < -0.39 is 11.6 Å². The van der Waals surface area contributed by atoms with Gasteiger partial charge in [0.25, 0.3) is 5.91 Å². The lowest BCUT2D eigenvalue weighted by atomic mass is 9.77. The van der Waals surface area contributed by atoms with Crippen LogP contribution in [-0.4, -0.2) is 33.0 Å². The van der Waals surface area contributed by atoms with E-state index in [2.05, 4.69) is 17.7 Å². The average molecular weight is 368 g/mol. The second-order valence-electron chi connectivity index (χ2n) is 7.69. The summed E-state index contributed by atoms with van der Waals surface area (Å²) in [6.45, 7) is 2.63.